The third-order valence-electron chi connectivity index (χ3n) is 3.12. The van der Waals surface area contributed by atoms with Gasteiger partial charge in [0.2, 0.25) is 0 Å². The quantitative estimate of drug-likeness (QED) is 0.795. The van der Waals surface area contributed by atoms with Gasteiger partial charge in [0.1, 0.15) is 0 Å². The molecule has 0 saturated heterocycles. The SMILES string of the molecule is C=Cn1ncc(-c2ccnc(C)c2NC(=C)C)c1/N=C\C(=C)C. The minimum absolute atomic E-state index is 0.693. The number of hydrogen-bond acceptors (Lipinski definition) is 4. The molecular weight excluding hydrogens is 286 g/mol. The fourth-order valence-corrected chi connectivity index (χ4v) is 2.14. The van der Waals surface area contributed by atoms with Gasteiger partial charge in [0.25, 0.3) is 0 Å². The number of aromatic nitrogens is 3. The number of anilines is 1. The van der Waals surface area contributed by atoms with Crippen LogP contribution in [-0.4, -0.2) is 21.0 Å². The Labute approximate surface area is 136 Å². The summed E-state index contributed by atoms with van der Waals surface area (Å²) in [6.45, 7) is 17.3. The molecule has 0 fully saturated rings. The van der Waals surface area contributed by atoms with Crippen LogP contribution in [0.15, 0.2) is 54.5 Å². The first-order valence-corrected chi connectivity index (χ1v) is 7.22. The summed E-state index contributed by atoms with van der Waals surface area (Å²) in [6.07, 6.45) is 6.87. The normalized spacial score (nSPS) is 10.7. The highest BCUT2D eigenvalue weighted by molar-refractivity contribution is 5.88. The summed E-state index contributed by atoms with van der Waals surface area (Å²) in [4.78, 5) is 8.84. The van der Waals surface area contributed by atoms with Crippen molar-refractivity contribution in [1.82, 2.24) is 14.8 Å². The molecule has 0 radical (unpaired) electrons. The summed E-state index contributed by atoms with van der Waals surface area (Å²) < 4.78 is 1.63. The van der Waals surface area contributed by atoms with Crippen molar-refractivity contribution in [2.45, 2.75) is 20.8 Å². The molecule has 5 heteroatoms. The molecule has 0 aliphatic rings. The Balaban J connectivity index is 2.65. The number of nitrogens with one attached hydrogen (secondary N) is 1. The van der Waals surface area contributed by atoms with Crippen LogP contribution in [0.4, 0.5) is 11.5 Å². The van der Waals surface area contributed by atoms with Crippen LogP contribution < -0.4 is 5.32 Å². The van der Waals surface area contributed by atoms with Crippen molar-refractivity contribution < 1.29 is 0 Å². The Morgan fingerprint density at radius 3 is 2.65 bits per heavy atom. The number of aliphatic imine (C=N–C) groups is 1. The molecule has 0 bridgehead atoms. The van der Waals surface area contributed by atoms with Crippen molar-refractivity contribution in [3.8, 4) is 11.1 Å². The zero-order valence-electron chi connectivity index (χ0n) is 13.8. The van der Waals surface area contributed by atoms with Gasteiger partial charge in [0.05, 0.1) is 17.6 Å². The molecule has 2 aromatic heterocycles. The molecule has 5 nitrogen and oxygen atoms in total. The summed E-state index contributed by atoms with van der Waals surface area (Å²) in [7, 11) is 0. The molecule has 2 heterocycles. The first-order chi connectivity index (χ1) is 10.9. The highest BCUT2D eigenvalue weighted by Gasteiger charge is 2.16. The maximum atomic E-state index is 4.50. The van der Waals surface area contributed by atoms with Crippen LogP contribution in [0.1, 0.15) is 19.5 Å². The molecule has 0 amide bonds. The van der Waals surface area contributed by atoms with E-state index in [0.717, 1.165) is 33.8 Å². The largest absolute Gasteiger partial charge is 0.358 e. The second-order valence-electron chi connectivity index (χ2n) is 5.34. The van der Waals surface area contributed by atoms with E-state index < -0.39 is 0 Å². The first-order valence-electron chi connectivity index (χ1n) is 7.22. The predicted molar refractivity (Wildman–Crippen MR) is 98.0 cm³/mol. The van der Waals surface area contributed by atoms with E-state index >= 15 is 0 Å². The zero-order valence-corrected chi connectivity index (χ0v) is 13.8. The third kappa shape index (κ3) is 3.63. The van der Waals surface area contributed by atoms with Crippen LogP contribution in [0.25, 0.3) is 17.3 Å². The monoisotopic (exact) mass is 307 g/mol. The van der Waals surface area contributed by atoms with E-state index in [9.17, 15) is 0 Å². The molecule has 1 N–H and O–H groups in total. The Bertz CT molecular complexity index is 796. The zero-order chi connectivity index (χ0) is 17.0. The van der Waals surface area contributed by atoms with Gasteiger partial charge in [-0.1, -0.05) is 19.7 Å². The van der Waals surface area contributed by atoms with E-state index in [2.05, 4.69) is 40.1 Å². The average Bonchev–Trinajstić information content (AvgIpc) is 2.89. The molecule has 2 rings (SSSR count). The van der Waals surface area contributed by atoms with Crippen LogP contribution in [0, 0.1) is 6.92 Å². The van der Waals surface area contributed by atoms with Gasteiger partial charge in [-0.25, -0.2) is 9.67 Å². The minimum Gasteiger partial charge on any atom is -0.358 e. The van der Waals surface area contributed by atoms with E-state index in [-0.39, 0.29) is 0 Å². The highest BCUT2D eigenvalue weighted by Crippen LogP contribution is 2.36. The van der Waals surface area contributed by atoms with Crippen LogP contribution in [0.2, 0.25) is 0 Å². The number of aryl methyl sites for hydroxylation is 1. The Hall–Kier alpha value is -2.95. The highest BCUT2D eigenvalue weighted by atomic mass is 15.3. The number of nitrogens with zero attached hydrogens (tertiary/aromatic N) is 4. The van der Waals surface area contributed by atoms with Crippen molar-refractivity contribution in [3.05, 3.63) is 55.2 Å². The number of pyridine rings is 1. The lowest BCUT2D eigenvalue weighted by Crippen LogP contribution is -2.00. The van der Waals surface area contributed by atoms with Gasteiger partial charge in [0, 0.05) is 35.4 Å². The summed E-state index contributed by atoms with van der Waals surface area (Å²) in [5.41, 5.74) is 5.32. The van der Waals surface area contributed by atoms with Crippen LogP contribution in [0.3, 0.4) is 0 Å². The van der Waals surface area contributed by atoms with Gasteiger partial charge in [-0.2, -0.15) is 5.10 Å². The Kier molecular flexibility index (Phi) is 4.91. The molecule has 2 aromatic rings. The van der Waals surface area contributed by atoms with Crippen molar-refractivity contribution in [1.29, 1.82) is 0 Å². The van der Waals surface area contributed by atoms with Crippen LogP contribution in [0.5, 0.6) is 0 Å². The standard InChI is InChI=1S/C18H21N5/c1-7-23-18(20-10-12(2)3)16(11-21-23)15-8-9-19-14(6)17(15)22-13(4)5/h7-11,22H,1-2,4H2,3,5-6H3/b20-10-. The summed E-state index contributed by atoms with van der Waals surface area (Å²) in [5, 5.41) is 7.59. The maximum absolute atomic E-state index is 4.50. The molecule has 118 valence electrons. The molecule has 0 unspecified atom stereocenters. The van der Waals surface area contributed by atoms with Gasteiger partial charge in [-0.15, -0.1) is 0 Å². The van der Waals surface area contributed by atoms with E-state index in [4.69, 9.17) is 0 Å². The third-order valence-corrected chi connectivity index (χ3v) is 3.12. The van der Waals surface area contributed by atoms with Gasteiger partial charge in [0.15, 0.2) is 5.82 Å². The van der Waals surface area contributed by atoms with E-state index in [1.807, 2.05) is 26.8 Å². The van der Waals surface area contributed by atoms with Crippen molar-refractivity contribution in [2.75, 3.05) is 5.32 Å². The van der Waals surface area contributed by atoms with Crippen LogP contribution in [-0.2, 0) is 0 Å². The van der Waals surface area contributed by atoms with E-state index in [0.29, 0.717) is 5.82 Å². The lowest BCUT2D eigenvalue weighted by molar-refractivity contribution is 0.935. The summed E-state index contributed by atoms with van der Waals surface area (Å²) >= 11 is 0. The van der Waals surface area contributed by atoms with Gasteiger partial charge < -0.3 is 5.32 Å². The smallest absolute Gasteiger partial charge is 0.162 e. The molecule has 0 aliphatic carbocycles. The minimum atomic E-state index is 0.693. The maximum Gasteiger partial charge on any atom is 0.162 e. The molecule has 0 spiro atoms. The lowest BCUT2D eigenvalue weighted by atomic mass is 10.1. The summed E-state index contributed by atoms with van der Waals surface area (Å²) in [6, 6.07) is 1.93. The van der Waals surface area contributed by atoms with E-state index in [1.165, 1.54) is 0 Å². The molecule has 0 aromatic carbocycles. The number of rotatable bonds is 6. The Morgan fingerprint density at radius 2 is 2.04 bits per heavy atom. The van der Waals surface area contributed by atoms with Crippen molar-refractivity contribution >= 4 is 23.9 Å². The van der Waals surface area contributed by atoms with Crippen molar-refractivity contribution in [3.63, 3.8) is 0 Å². The van der Waals surface area contributed by atoms with Gasteiger partial charge in [-0.3, -0.25) is 4.98 Å². The fraction of sp³-hybridized carbons (Fsp3) is 0.167. The summed E-state index contributed by atoms with van der Waals surface area (Å²) in [5.74, 6) is 0.693. The first kappa shape index (κ1) is 16.4. The topological polar surface area (TPSA) is 55.1 Å². The fourth-order valence-electron chi connectivity index (χ4n) is 2.14. The number of allylic oxidation sites excluding steroid dienone is 2. The molecule has 0 aliphatic heterocycles. The Morgan fingerprint density at radius 1 is 1.30 bits per heavy atom. The molecule has 0 saturated carbocycles. The predicted octanol–water partition coefficient (Wildman–Crippen LogP) is 4.58. The second-order valence-corrected chi connectivity index (χ2v) is 5.34. The lowest BCUT2D eigenvalue weighted by Gasteiger charge is -2.13. The second kappa shape index (κ2) is 6.87. The molecule has 0 atom stereocenters. The molecule has 23 heavy (non-hydrogen) atoms. The average molecular weight is 307 g/mol. The van der Waals surface area contributed by atoms with Crippen molar-refractivity contribution in [2.24, 2.45) is 4.99 Å². The van der Waals surface area contributed by atoms with Gasteiger partial charge in [-0.05, 0) is 32.4 Å². The van der Waals surface area contributed by atoms with Gasteiger partial charge >= 0.3 is 0 Å². The van der Waals surface area contributed by atoms with E-state index in [1.54, 1.807) is 29.5 Å². The van der Waals surface area contributed by atoms with Crippen LogP contribution >= 0.6 is 0 Å². The number of hydrogen-bond donors (Lipinski definition) is 1. The molecular formula is C18H21N5.